The normalized spacial score (nSPS) is 10.3. The molecule has 0 aliphatic rings. The molecule has 2 rings (SSSR count). The average molecular weight is 275 g/mol. The van der Waals surface area contributed by atoms with Gasteiger partial charge in [0.1, 0.15) is 5.75 Å². The van der Waals surface area contributed by atoms with Gasteiger partial charge in [0.25, 0.3) is 0 Å². The Morgan fingerprint density at radius 3 is 2.63 bits per heavy atom. The van der Waals surface area contributed by atoms with E-state index >= 15 is 0 Å². The van der Waals surface area contributed by atoms with Crippen LogP contribution in [0.2, 0.25) is 5.02 Å². The van der Waals surface area contributed by atoms with E-state index in [2.05, 4.69) is 0 Å². The molecule has 0 aliphatic heterocycles. The summed E-state index contributed by atoms with van der Waals surface area (Å²) in [6.45, 7) is 4.00. The summed E-state index contributed by atoms with van der Waals surface area (Å²) in [5, 5.41) is 0.553. The monoisotopic (exact) mass is 274 g/mol. The van der Waals surface area contributed by atoms with Crippen molar-refractivity contribution in [2.24, 2.45) is 0 Å². The van der Waals surface area contributed by atoms with Crippen LogP contribution in [0.15, 0.2) is 42.5 Å². The lowest BCUT2D eigenvalue weighted by Crippen LogP contribution is -2.12. The van der Waals surface area contributed by atoms with Crippen LogP contribution in [0.1, 0.15) is 21.5 Å². The highest BCUT2D eigenvalue weighted by Crippen LogP contribution is 2.19. The molecule has 2 nitrogen and oxygen atoms in total. The molecule has 0 N–H and O–H groups in total. The predicted octanol–water partition coefficient (Wildman–Crippen LogP) is 4.22. The minimum atomic E-state index is -0.0810. The molecule has 98 valence electrons. The third-order valence-electron chi connectivity index (χ3n) is 2.84. The van der Waals surface area contributed by atoms with Gasteiger partial charge in [-0.1, -0.05) is 41.4 Å². The summed E-state index contributed by atoms with van der Waals surface area (Å²) in [5.41, 5.74) is 2.77. The number of aryl methyl sites for hydroxylation is 2. The number of ether oxygens (including phenoxy) is 1. The van der Waals surface area contributed by atoms with Crippen molar-refractivity contribution in [1.82, 2.24) is 0 Å². The summed E-state index contributed by atoms with van der Waals surface area (Å²) in [4.78, 5) is 12.0. The SMILES string of the molecule is Cc1ccc(OCC(=O)c2cccc(Cl)c2)c(C)c1. The minimum absolute atomic E-state index is 0.0181. The van der Waals surface area contributed by atoms with Crippen molar-refractivity contribution in [3.05, 3.63) is 64.2 Å². The highest BCUT2D eigenvalue weighted by Gasteiger charge is 2.08. The molecule has 0 heterocycles. The zero-order valence-corrected chi connectivity index (χ0v) is 11.7. The van der Waals surface area contributed by atoms with Gasteiger partial charge in [-0.15, -0.1) is 0 Å². The second kappa shape index (κ2) is 5.89. The number of rotatable bonds is 4. The van der Waals surface area contributed by atoms with E-state index < -0.39 is 0 Å². The fourth-order valence-corrected chi connectivity index (χ4v) is 2.04. The fourth-order valence-electron chi connectivity index (χ4n) is 1.85. The molecule has 0 saturated carbocycles. The van der Waals surface area contributed by atoms with Gasteiger partial charge < -0.3 is 4.74 Å². The second-order valence-electron chi connectivity index (χ2n) is 4.49. The van der Waals surface area contributed by atoms with Gasteiger partial charge in [-0.2, -0.15) is 0 Å². The number of carbonyl (C=O) groups excluding carboxylic acids is 1. The van der Waals surface area contributed by atoms with Crippen molar-refractivity contribution in [2.45, 2.75) is 13.8 Å². The van der Waals surface area contributed by atoms with E-state index in [4.69, 9.17) is 16.3 Å². The van der Waals surface area contributed by atoms with Gasteiger partial charge in [-0.3, -0.25) is 4.79 Å². The Labute approximate surface area is 118 Å². The van der Waals surface area contributed by atoms with Crippen molar-refractivity contribution >= 4 is 17.4 Å². The minimum Gasteiger partial charge on any atom is -0.485 e. The molecule has 0 fully saturated rings. The summed E-state index contributed by atoms with van der Waals surface area (Å²) in [7, 11) is 0. The smallest absolute Gasteiger partial charge is 0.200 e. The summed E-state index contributed by atoms with van der Waals surface area (Å²) >= 11 is 5.86. The van der Waals surface area contributed by atoms with E-state index in [1.165, 1.54) is 5.56 Å². The Bertz CT molecular complexity index is 605. The van der Waals surface area contributed by atoms with E-state index in [0.29, 0.717) is 10.6 Å². The van der Waals surface area contributed by atoms with E-state index in [0.717, 1.165) is 11.3 Å². The van der Waals surface area contributed by atoms with Crippen molar-refractivity contribution in [2.75, 3.05) is 6.61 Å². The van der Waals surface area contributed by atoms with Gasteiger partial charge in [-0.05, 0) is 37.6 Å². The molecule has 0 unspecified atom stereocenters. The summed E-state index contributed by atoms with van der Waals surface area (Å²) < 4.78 is 5.56. The van der Waals surface area contributed by atoms with Crippen LogP contribution >= 0.6 is 11.6 Å². The molecule has 19 heavy (non-hydrogen) atoms. The lowest BCUT2D eigenvalue weighted by molar-refractivity contribution is 0.0921. The number of halogens is 1. The fraction of sp³-hybridized carbons (Fsp3) is 0.188. The van der Waals surface area contributed by atoms with Gasteiger partial charge >= 0.3 is 0 Å². The molecule has 0 amide bonds. The van der Waals surface area contributed by atoms with Crippen LogP contribution in [0.4, 0.5) is 0 Å². The van der Waals surface area contributed by atoms with Crippen molar-refractivity contribution in [3.63, 3.8) is 0 Å². The Hall–Kier alpha value is -1.80. The lowest BCUT2D eigenvalue weighted by Gasteiger charge is -2.09. The maximum atomic E-state index is 12.0. The standard InChI is InChI=1S/C16H15ClO2/c1-11-6-7-16(12(2)8-11)19-10-15(18)13-4-3-5-14(17)9-13/h3-9H,10H2,1-2H3. The first-order chi connectivity index (χ1) is 9.06. The van der Waals surface area contributed by atoms with Gasteiger partial charge in [0.05, 0.1) is 0 Å². The summed E-state index contributed by atoms with van der Waals surface area (Å²) in [6, 6.07) is 12.8. The number of carbonyl (C=O) groups is 1. The molecule has 0 aromatic heterocycles. The number of hydrogen-bond donors (Lipinski definition) is 0. The Morgan fingerprint density at radius 2 is 1.95 bits per heavy atom. The quantitative estimate of drug-likeness (QED) is 0.781. The van der Waals surface area contributed by atoms with Crippen LogP contribution in [0.5, 0.6) is 5.75 Å². The van der Waals surface area contributed by atoms with Gasteiger partial charge in [-0.25, -0.2) is 0 Å². The largest absolute Gasteiger partial charge is 0.485 e. The molecular formula is C16H15ClO2. The zero-order chi connectivity index (χ0) is 13.8. The Kier molecular flexibility index (Phi) is 4.23. The molecule has 0 aliphatic carbocycles. The van der Waals surface area contributed by atoms with Crippen LogP contribution in [-0.2, 0) is 0 Å². The van der Waals surface area contributed by atoms with Gasteiger partial charge in [0.15, 0.2) is 12.4 Å². The van der Waals surface area contributed by atoms with E-state index in [1.54, 1.807) is 24.3 Å². The first-order valence-corrected chi connectivity index (χ1v) is 6.43. The molecule has 0 saturated heterocycles. The highest BCUT2D eigenvalue weighted by molar-refractivity contribution is 6.31. The number of ketones is 1. The van der Waals surface area contributed by atoms with Crippen molar-refractivity contribution in [1.29, 1.82) is 0 Å². The topological polar surface area (TPSA) is 26.3 Å². The summed E-state index contributed by atoms with van der Waals surface area (Å²) in [5.74, 6) is 0.656. The zero-order valence-electron chi connectivity index (χ0n) is 10.9. The average Bonchev–Trinajstić information content (AvgIpc) is 2.37. The summed E-state index contributed by atoms with van der Waals surface area (Å²) in [6.07, 6.45) is 0. The maximum absolute atomic E-state index is 12.0. The van der Waals surface area contributed by atoms with Crippen LogP contribution < -0.4 is 4.74 Å². The third kappa shape index (κ3) is 3.58. The second-order valence-corrected chi connectivity index (χ2v) is 4.93. The van der Waals surface area contributed by atoms with Gasteiger partial charge in [0, 0.05) is 10.6 Å². The molecular weight excluding hydrogens is 260 g/mol. The predicted molar refractivity (Wildman–Crippen MR) is 77.2 cm³/mol. The number of benzene rings is 2. The maximum Gasteiger partial charge on any atom is 0.200 e. The van der Waals surface area contributed by atoms with Crippen LogP contribution in [0.3, 0.4) is 0 Å². The molecule has 2 aromatic carbocycles. The highest BCUT2D eigenvalue weighted by atomic mass is 35.5. The number of Topliss-reactive ketones (excluding diaryl/α,β-unsaturated/α-hetero) is 1. The van der Waals surface area contributed by atoms with E-state index in [-0.39, 0.29) is 12.4 Å². The van der Waals surface area contributed by atoms with E-state index in [1.807, 2.05) is 32.0 Å². The Morgan fingerprint density at radius 1 is 1.16 bits per heavy atom. The van der Waals surface area contributed by atoms with Gasteiger partial charge in [0.2, 0.25) is 0 Å². The van der Waals surface area contributed by atoms with Crippen molar-refractivity contribution in [3.8, 4) is 5.75 Å². The van der Waals surface area contributed by atoms with Crippen LogP contribution in [-0.4, -0.2) is 12.4 Å². The van der Waals surface area contributed by atoms with Crippen LogP contribution in [0, 0.1) is 13.8 Å². The lowest BCUT2D eigenvalue weighted by atomic mass is 10.1. The van der Waals surface area contributed by atoms with Crippen LogP contribution in [0.25, 0.3) is 0 Å². The van der Waals surface area contributed by atoms with Crippen molar-refractivity contribution < 1.29 is 9.53 Å². The molecule has 0 bridgehead atoms. The first-order valence-electron chi connectivity index (χ1n) is 6.05. The third-order valence-corrected chi connectivity index (χ3v) is 3.07. The van der Waals surface area contributed by atoms with E-state index in [9.17, 15) is 4.79 Å². The molecule has 0 radical (unpaired) electrons. The molecule has 3 heteroatoms. The molecule has 0 spiro atoms. The Balaban J connectivity index is 2.04. The molecule has 2 aromatic rings. The number of hydrogen-bond acceptors (Lipinski definition) is 2. The molecule has 0 atom stereocenters. The first kappa shape index (κ1) is 13.6.